The average molecular weight is 812 g/mol. The van der Waals surface area contributed by atoms with E-state index in [1.807, 2.05) is 14.1 Å². The van der Waals surface area contributed by atoms with Crippen molar-refractivity contribution in [1.82, 2.24) is 4.90 Å². The number of carbonyl (C=O) groups excluding carboxylic acids is 4. The fourth-order valence-electron chi connectivity index (χ4n) is 6.67. The smallest absolute Gasteiger partial charge is 0.376 e. The minimum Gasteiger partial charge on any atom is -0.469 e. The van der Waals surface area contributed by atoms with Crippen molar-refractivity contribution >= 4 is 23.9 Å². The standard InChI is InChI=1S/C43H77F4NO8/c1-48(2)34-24-21-29-37(27-17-11-13-22-32-42(44,45)40(51)55-35-25-15-7-5-9-19-30-38(49)53-3)28-18-12-14-23-33-43(46,47)41(52)56-36-26-16-8-6-10-20-31-39(50)54-4/h37H,5-36H2,1-4H3. The summed E-state index contributed by atoms with van der Waals surface area (Å²) in [7, 11) is 6.82. The molecule has 0 rings (SSSR count). The predicted molar refractivity (Wildman–Crippen MR) is 212 cm³/mol. The molecule has 0 aliphatic heterocycles. The number of hydrogen-bond donors (Lipinski definition) is 0. The van der Waals surface area contributed by atoms with E-state index in [-0.39, 0.29) is 38.0 Å². The summed E-state index contributed by atoms with van der Waals surface area (Å²) < 4.78 is 76.4. The number of hydrogen-bond acceptors (Lipinski definition) is 9. The Morgan fingerprint density at radius 2 is 0.786 bits per heavy atom. The molecule has 9 nitrogen and oxygen atoms in total. The first-order valence-electron chi connectivity index (χ1n) is 21.6. The molecule has 0 unspecified atom stereocenters. The highest BCUT2D eigenvalue weighted by Crippen LogP contribution is 2.28. The Hall–Kier alpha value is -2.44. The fraction of sp³-hybridized carbons (Fsp3) is 0.907. The highest BCUT2D eigenvalue weighted by Gasteiger charge is 2.40. The van der Waals surface area contributed by atoms with E-state index < -0.39 is 36.6 Å². The molecule has 0 amide bonds. The second-order valence-electron chi connectivity index (χ2n) is 15.6. The van der Waals surface area contributed by atoms with Crippen LogP contribution in [0.4, 0.5) is 17.6 Å². The number of ether oxygens (including phenoxy) is 4. The summed E-state index contributed by atoms with van der Waals surface area (Å²) in [4.78, 5) is 48.3. The van der Waals surface area contributed by atoms with Gasteiger partial charge in [-0.15, -0.1) is 0 Å². The summed E-state index contributed by atoms with van der Waals surface area (Å²) in [6, 6.07) is 0. The van der Waals surface area contributed by atoms with Gasteiger partial charge in [0.2, 0.25) is 0 Å². The summed E-state index contributed by atoms with van der Waals surface area (Å²) in [5.74, 6) is -9.81. The zero-order chi connectivity index (χ0) is 41.9. The van der Waals surface area contributed by atoms with Gasteiger partial charge < -0.3 is 23.8 Å². The molecule has 13 heteroatoms. The van der Waals surface area contributed by atoms with Crippen molar-refractivity contribution in [2.24, 2.45) is 5.92 Å². The van der Waals surface area contributed by atoms with Crippen molar-refractivity contribution in [2.75, 3.05) is 48.1 Å². The third kappa shape index (κ3) is 31.6. The van der Waals surface area contributed by atoms with Crippen LogP contribution in [0.15, 0.2) is 0 Å². The quantitative estimate of drug-likeness (QED) is 0.0259. The van der Waals surface area contributed by atoms with Crippen LogP contribution >= 0.6 is 0 Å². The lowest BCUT2D eigenvalue weighted by atomic mass is 9.89. The van der Waals surface area contributed by atoms with Crippen molar-refractivity contribution in [3.05, 3.63) is 0 Å². The van der Waals surface area contributed by atoms with Crippen LogP contribution in [0.3, 0.4) is 0 Å². The van der Waals surface area contributed by atoms with E-state index in [4.69, 9.17) is 9.47 Å². The van der Waals surface area contributed by atoms with Crippen LogP contribution in [-0.2, 0) is 38.1 Å². The number of methoxy groups -OCH3 is 2. The molecule has 0 aromatic heterocycles. The normalized spacial score (nSPS) is 12.0. The highest BCUT2D eigenvalue weighted by atomic mass is 19.3. The van der Waals surface area contributed by atoms with E-state index in [0.717, 1.165) is 129 Å². The van der Waals surface area contributed by atoms with E-state index in [1.54, 1.807) is 0 Å². The van der Waals surface area contributed by atoms with Gasteiger partial charge in [-0.2, -0.15) is 17.6 Å². The maximum atomic E-state index is 14.4. The molecule has 0 saturated carbocycles. The van der Waals surface area contributed by atoms with E-state index in [0.29, 0.717) is 44.4 Å². The number of alkyl halides is 4. The molecule has 0 fully saturated rings. The lowest BCUT2D eigenvalue weighted by Crippen LogP contribution is -2.31. The molecule has 56 heavy (non-hydrogen) atoms. The first-order valence-corrected chi connectivity index (χ1v) is 21.6. The first-order chi connectivity index (χ1) is 26.7. The van der Waals surface area contributed by atoms with Gasteiger partial charge >= 0.3 is 35.7 Å². The van der Waals surface area contributed by atoms with Crippen LogP contribution in [0.1, 0.15) is 186 Å². The number of carbonyl (C=O) groups is 4. The molecule has 0 N–H and O–H groups in total. The van der Waals surface area contributed by atoms with Crippen molar-refractivity contribution in [1.29, 1.82) is 0 Å². The highest BCUT2D eigenvalue weighted by molar-refractivity contribution is 5.77. The van der Waals surface area contributed by atoms with Crippen LogP contribution < -0.4 is 0 Å². The van der Waals surface area contributed by atoms with E-state index in [9.17, 15) is 36.7 Å². The molecule has 0 radical (unpaired) electrons. The van der Waals surface area contributed by atoms with E-state index >= 15 is 0 Å². The molecule has 0 saturated heterocycles. The van der Waals surface area contributed by atoms with Crippen LogP contribution in [0.5, 0.6) is 0 Å². The third-order valence-corrected chi connectivity index (χ3v) is 10.2. The number of rotatable bonds is 39. The Morgan fingerprint density at radius 3 is 1.16 bits per heavy atom. The van der Waals surface area contributed by atoms with Gasteiger partial charge in [-0.3, -0.25) is 9.59 Å². The molecule has 0 spiro atoms. The Balaban J connectivity index is 4.23. The third-order valence-electron chi connectivity index (χ3n) is 10.2. The maximum Gasteiger partial charge on any atom is 0.376 e. The molecule has 330 valence electrons. The number of unbranched alkanes of at least 4 members (excludes halogenated alkanes) is 17. The number of halogens is 4. The maximum absolute atomic E-state index is 14.4. The van der Waals surface area contributed by atoms with Crippen molar-refractivity contribution in [3.63, 3.8) is 0 Å². The Labute approximate surface area is 336 Å². The topological polar surface area (TPSA) is 108 Å². The number of esters is 4. The molecule has 0 atom stereocenters. The van der Waals surface area contributed by atoms with Gasteiger partial charge in [0.05, 0.1) is 27.4 Å². The van der Waals surface area contributed by atoms with Crippen LogP contribution in [0, 0.1) is 5.92 Å². The van der Waals surface area contributed by atoms with Gasteiger partial charge in [-0.05, 0) is 71.5 Å². The first kappa shape index (κ1) is 53.6. The monoisotopic (exact) mass is 812 g/mol. The SMILES string of the molecule is COC(=O)CCCCCCCCOC(=O)C(F)(F)CCCCCCC(CCCCCCC(F)(F)C(=O)OCCCCCCCCC(=O)OC)CCCCN(C)C. The predicted octanol–water partition coefficient (Wildman–Crippen LogP) is 11.2. The minimum absolute atomic E-state index is 0.0154. The number of nitrogens with zero attached hydrogens (tertiary/aromatic N) is 1. The Morgan fingerprint density at radius 1 is 0.464 bits per heavy atom. The lowest BCUT2D eigenvalue weighted by Gasteiger charge is -2.18. The van der Waals surface area contributed by atoms with E-state index in [2.05, 4.69) is 14.4 Å². The van der Waals surface area contributed by atoms with Gasteiger partial charge in [0.1, 0.15) is 0 Å². The van der Waals surface area contributed by atoms with E-state index in [1.165, 1.54) is 14.2 Å². The minimum atomic E-state index is -3.48. The molecule has 0 aliphatic rings. The molecule has 0 aromatic carbocycles. The van der Waals surface area contributed by atoms with Crippen molar-refractivity contribution in [3.8, 4) is 0 Å². The second-order valence-corrected chi connectivity index (χ2v) is 15.6. The second kappa shape index (κ2) is 34.6. The van der Waals surface area contributed by atoms with Crippen molar-refractivity contribution in [2.45, 2.75) is 198 Å². The molecule has 0 aliphatic carbocycles. The largest absolute Gasteiger partial charge is 0.469 e. The molecular formula is C43H77F4NO8. The summed E-state index contributed by atoms with van der Waals surface area (Å²) in [5.41, 5.74) is 0. The lowest BCUT2D eigenvalue weighted by molar-refractivity contribution is -0.173. The van der Waals surface area contributed by atoms with Gasteiger partial charge in [0.15, 0.2) is 0 Å². The summed E-state index contributed by atoms with van der Waals surface area (Å²) in [5, 5.41) is 0. The van der Waals surface area contributed by atoms with Crippen molar-refractivity contribution < 1.29 is 55.7 Å². The average Bonchev–Trinajstić information content (AvgIpc) is 3.16. The van der Waals surface area contributed by atoms with Gasteiger partial charge in [-0.1, -0.05) is 116 Å². The van der Waals surface area contributed by atoms with Crippen LogP contribution in [-0.4, -0.2) is 88.7 Å². The fourth-order valence-corrected chi connectivity index (χ4v) is 6.67. The summed E-state index contributed by atoms with van der Waals surface area (Å²) >= 11 is 0. The molecule has 0 aromatic rings. The zero-order valence-electron chi connectivity index (χ0n) is 35.4. The Bertz CT molecular complexity index is 944. The van der Waals surface area contributed by atoms with Crippen LogP contribution in [0.2, 0.25) is 0 Å². The summed E-state index contributed by atoms with van der Waals surface area (Å²) in [6.07, 6.45) is 19.7. The zero-order valence-corrected chi connectivity index (χ0v) is 35.4. The van der Waals surface area contributed by atoms with Gasteiger partial charge in [0, 0.05) is 25.7 Å². The molecule has 0 heterocycles. The molecular weight excluding hydrogens is 734 g/mol. The van der Waals surface area contributed by atoms with Gasteiger partial charge in [0.25, 0.3) is 0 Å². The Kier molecular flexibility index (Phi) is 33.1. The summed E-state index contributed by atoms with van der Waals surface area (Å²) in [6.45, 7) is 0.983. The molecule has 0 bridgehead atoms. The van der Waals surface area contributed by atoms with Crippen LogP contribution in [0.25, 0.3) is 0 Å². The van der Waals surface area contributed by atoms with Gasteiger partial charge in [-0.25, -0.2) is 9.59 Å².